The molecule has 2 aromatic carbocycles. The Labute approximate surface area is 157 Å². The summed E-state index contributed by atoms with van der Waals surface area (Å²) in [4.78, 5) is 12.9. The fourth-order valence-corrected chi connectivity index (χ4v) is 2.61. The van der Waals surface area contributed by atoms with Gasteiger partial charge in [0.2, 0.25) is 0 Å². The molecule has 0 aromatic heterocycles. The third kappa shape index (κ3) is 5.70. The molecule has 0 aliphatic rings. The second-order valence-electron chi connectivity index (χ2n) is 5.60. The molecule has 0 amide bonds. The van der Waals surface area contributed by atoms with E-state index in [-0.39, 0.29) is 17.5 Å². The lowest BCUT2D eigenvalue weighted by atomic mass is 10.1. The van der Waals surface area contributed by atoms with Gasteiger partial charge in [0.1, 0.15) is 11.6 Å². The number of phenols is 1. The lowest BCUT2D eigenvalue weighted by Crippen LogP contribution is -2.40. The van der Waals surface area contributed by atoms with Gasteiger partial charge in [-0.2, -0.15) is 0 Å². The van der Waals surface area contributed by atoms with E-state index in [1.165, 1.54) is 19.2 Å². The number of aromatic hydroxyl groups is 1. The molecule has 0 bridgehead atoms. The number of thiocarbonyl (C=S) groups is 1. The largest absolute Gasteiger partial charge is 0.508 e. The van der Waals surface area contributed by atoms with E-state index in [0.29, 0.717) is 42.3 Å². The van der Waals surface area contributed by atoms with Gasteiger partial charge in [0.25, 0.3) is 0 Å². The lowest BCUT2D eigenvalue weighted by molar-refractivity contribution is -0.140. The molecule has 0 radical (unpaired) electrons. The van der Waals surface area contributed by atoms with Crippen LogP contribution >= 0.6 is 12.2 Å². The summed E-state index contributed by atoms with van der Waals surface area (Å²) in [5.41, 5.74) is 1.38. The Kier molecular flexibility index (Phi) is 7.35. The van der Waals surface area contributed by atoms with Gasteiger partial charge in [0, 0.05) is 24.2 Å². The molecule has 0 aliphatic heterocycles. The van der Waals surface area contributed by atoms with Crippen LogP contribution in [-0.2, 0) is 16.1 Å². The minimum Gasteiger partial charge on any atom is -0.508 e. The average molecular weight is 376 g/mol. The highest BCUT2D eigenvalue weighted by molar-refractivity contribution is 7.80. The summed E-state index contributed by atoms with van der Waals surface area (Å²) < 4.78 is 17.9. The minimum atomic E-state index is -0.340. The highest BCUT2D eigenvalue weighted by Crippen LogP contribution is 2.23. The van der Waals surface area contributed by atoms with Crippen LogP contribution in [0.1, 0.15) is 18.4 Å². The number of hydrogen-bond acceptors (Lipinski definition) is 4. The molecule has 0 fully saturated rings. The van der Waals surface area contributed by atoms with Gasteiger partial charge < -0.3 is 20.1 Å². The molecule has 0 spiro atoms. The molecule has 7 heteroatoms. The van der Waals surface area contributed by atoms with Gasteiger partial charge in [0.15, 0.2) is 5.11 Å². The van der Waals surface area contributed by atoms with E-state index in [0.717, 1.165) is 0 Å². The number of hydrogen-bond donors (Lipinski definition) is 2. The van der Waals surface area contributed by atoms with Crippen molar-refractivity contribution in [2.75, 3.05) is 18.6 Å². The number of carbonyl (C=O) groups excluding carboxylic acids is 1. The van der Waals surface area contributed by atoms with Crippen molar-refractivity contribution in [1.29, 1.82) is 0 Å². The van der Waals surface area contributed by atoms with E-state index in [2.05, 4.69) is 10.1 Å². The van der Waals surface area contributed by atoms with Crippen molar-refractivity contribution in [1.82, 2.24) is 5.32 Å². The molecule has 0 saturated heterocycles. The molecule has 0 heterocycles. The summed E-state index contributed by atoms with van der Waals surface area (Å²) in [5, 5.41) is 13.5. The van der Waals surface area contributed by atoms with Crippen LogP contribution in [0.2, 0.25) is 0 Å². The van der Waals surface area contributed by atoms with Crippen molar-refractivity contribution in [3.8, 4) is 5.75 Å². The van der Waals surface area contributed by atoms with Crippen molar-refractivity contribution >= 4 is 29.0 Å². The standard InChI is InChI=1S/C19H21FN2O3S/c1-25-18(24)7-4-12-21-19(26)22(16-10-8-15(20)9-11-16)13-14-5-2-3-6-17(14)23/h2-3,5-6,8-11,23H,4,7,12-13H2,1H3,(H,21,26). The van der Waals surface area contributed by atoms with Crippen LogP contribution in [0.5, 0.6) is 5.75 Å². The van der Waals surface area contributed by atoms with Crippen molar-refractivity contribution in [3.63, 3.8) is 0 Å². The van der Waals surface area contributed by atoms with Crippen LogP contribution in [-0.4, -0.2) is 29.8 Å². The van der Waals surface area contributed by atoms with Crippen LogP contribution in [0.3, 0.4) is 0 Å². The monoisotopic (exact) mass is 376 g/mol. The number of rotatable bonds is 7. The Morgan fingerprint density at radius 3 is 2.58 bits per heavy atom. The minimum absolute atomic E-state index is 0.160. The summed E-state index contributed by atoms with van der Waals surface area (Å²) in [5.74, 6) is -0.455. The molecule has 2 N–H and O–H groups in total. The molecular weight excluding hydrogens is 355 g/mol. The predicted octanol–water partition coefficient (Wildman–Crippen LogP) is 3.37. The topological polar surface area (TPSA) is 61.8 Å². The van der Waals surface area contributed by atoms with Crippen LogP contribution < -0.4 is 10.2 Å². The molecule has 26 heavy (non-hydrogen) atoms. The number of anilines is 1. The van der Waals surface area contributed by atoms with E-state index in [1.54, 1.807) is 35.2 Å². The molecule has 0 saturated carbocycles. The van der Waals surface area contributed by atoms with Gasteiger partial charge in [-0.1, -0.05) is 18.2 Å². The van der Waals surface area contributed by atoms with Crippen molar-refractivity contribution < 1.29 is 19.0 Å². The average Bonchev–Trinajstić information content (AvgIpc) is 2.65. The summed E-state index contributed by atoms with van der Waals surface area (Å²) in [6.45, 7) is 0.813. The Morgan fingerprint density at radius 2 is 1.92 bits per heavy atom. The number of ether oxygens (including phenoxy) is 1. The van der Waals surface area contributed by atoms with Crippen LogP contribution in [0, 0.1) is 5.82 Å². The number of methoxy groups -OCH3 is 1. The molecule has 0 aliphatic carbocycles. The lowest BCUT2D eigenvalue weighted by Gasteiger charge is -2.26. The number of benzene rings is 2. The normalized spacial score (nSPS) is 10.2. The Hall–Kier alpha value is -2.67. The van der Waals surface area contributed by atoms with Crippen LogP contribution in [0.4, 0.5) is 10.1 Å². The fraction of sp³-hybridized carbons (Fsp3) is 0.263. The second-order valence-corrected chi connectivity index (χ2v) is 5.99. The van der Waals surface area contributed by atoms with Gasteiger partial charge in [-0.25, -0.2) is 4.39 Å². The zero-order chi connectivity index (χ0) is 18.9. The Balaban J connectivity index is 2.09. The number of esters is 1. The van der Waals surface area contributed by atoms with E-state index in [4.69, 9.17) is 12.2 Å². The maximum absolute atomic E-state index is 13.2. The highest BCUT2D eigenvalue weighted by Gasteiger charge is 2.15. The van der Waals surface area contributed by atoms with Crippen LogP contribution in [0.25, 0.3) is 0 Å². The highest BCUT2D eigenvalue weighted by atomic mass is 32.1. The van der Waals surface area contributed by atoms with E-state index in [1.807, 2.05) is 6.07 Å². The fourth-order valence-electron chi connectivity index (χ4n) is 2.34. The third-order valence-electron chi connectivity index (χ3n) is 3.77. The first-order valence-electron chi connectivity index (χ1n) is 8.16. The number of halogens is 1. The van der Waals surface area contributed by atoms with Gasteiger partial charge in [-0.15, -0.1) is 0 Å². The van der Waals surface area contributed by atoms with E-state index >= 15 is 0 Å². The number of phenolic OH excluding ortho intramolecular Hbond substituents is 1. The molecule has 0 unspecified atom stereocenters. The van der Waals surface area contributed by atoms with Gasteiger partial charge in [-0.3, -0.25) is 4.79 Å². The second kappa shape index (κ2) is 9.72. The summed E-state index contributed by atoms with van der Waals surface area (Å²) in [7, 11) is 1.35. The SMILES string of the molecule is COC(=O)CCCNC(=S)N(Cc1ccccc1O)c1ccc(F)cc1. The van der Waals surface area contributed by atoms with Crippen LogP contribution in [0.15, 0.2) is 48.5 Å². The van der Waals surface area contributed by atoms with E-state index < -0.39 is 0 Å². The predicted molar refractivity (Wildman–Crippen MR) is 103 cm³/mol. The summed E-state index contributed by atoms with van der Waals surface area (Å²) in [6.07, 6.45) is 0.864. The maximum Gasteiger partial charge on any atom is 0.305 e. The molecule has 138 valence electrons. The van der Waals surface area contributed by atoms with Gasteiger partial charge >= 0.3 is 5.97 Å². The maximum atomic E-state index is 13.2. The van der Waals surface area contributed by atoms with Crippen molar-refractivity contribution in [3.05, 3.63) is 59.9 Å². The quantitative estimate of drug-likeness (QED) is 0.439. The summed E-state index contributed by atoms with van der Waals surface area (Å²) >= 11 is 5.46. The van der Waals surface area contributed by atoms with Crippen molar-refractivity contribution in [2.24, 2.45) is 0 Å². The number of para-hydroxylation sites is 1. The van der Waals surface area contributed by atoms with E-state index in [9.17, 15) is 14.3 Å². The zero-order valence-electron chi connectivity index (χ0n) is 14.4. The first-order chi connectivity index (χ1) is 12.5. The molecule has 2 rings (SSSR count). The Bertz CT molecular complexity index is 753. The zero-order valence-corrected chi connectivity index (χ0v) is 15.3. The molecule has 5 nitrogen and oxygen atoms in total. The number of nitrogens with one attached hydrogen (secondary N) is 1. The smallest absolute Gasteiger partial charge is 0.305 e. The first-order valence-corrected chi connectivity index (χ1v) is 8.56. The Morgan fingerprint density at radius 1 is 1.23 bits per heavy atom. The molecule has 0 atom stereocenters. The first kappa shape index (κ1) is 19.7. The van der Waals surface area contributed by atoms with Crippen molar-refractivity contribution in [2.45, 2.75) is 19.4 Å². The number of carbonyl (C=O) groups is 1. The third-order valence-corrected chi connectivity index (χ3v) is 4.13. The molecule has 2 aromatic rings. The summed E-state index contributed by atoms with van der Waals surface area (Å²) in [6, 6.07) is 12.9. The van der Waals surface area contributed by atoms with Gasteiger partial charge in [0.05, 0.1) is 13.7 Å². The van der Waals surface area contributed by atoms with Gasteiger partial charge in [-0.05, 0) is 49.0 Å². The molecular formula is C19H21FN2O3S. The number of nitrogens with zero attached hydrogens (tertiary/aromatic N) is 1.